The second-order valence-corrected chi connectivity index (χ2v) is 8.09. The summed E-state index contributed by atoms with van der Waals surface area (Å²) in [6, 6.07) is 3.54. The summed E-state index contributed by atoms with van der Waals surface area (Å²) in [7, 11) is -3.65. The molecule has 0 saturated carbocycles. The summed E-state index contributed by atoms with van der Waals surface area (Å²) >= 11 is 1.77. The number of hydrogen-bond acceptors (Lipinski definition) is 6. The number of sulfonamides is 1. The predicted octanol–water partition coefficient (Wildman–Crippen LogP) is 1.69. The third kappa shape index (κ3) is 3.30. The first-order chi connectivity index (χ1) is 9.86. The Hall–Kier alpha value is -1.32. The molecule has 1 unspecified atom stereocenters. The summed E-state index contributed by atoms with van der Waals surface area (Å²) < 4.78 is 26.6. The highest BCUT2D eigenvalue weighted by atomic mass is 32.2. The first kappa shape index (κ1) is 16.1. The van der Waals surface area contributed by atoms with Crippen molar-refractivity contribution in [3.8, 4) is 0 Å². The molecule has 7 nitrogen and oxygen atoms in total. The topological polar surface area (TPSA) is 107 Å². The maximum Gasteiger partial charge on any atom is 0.292 e. The van der Waals surface area contributed by atoms with Crippen molar-refractivity contribution >= 4 is 33.2 Å². The van der Waals surface area contributed by atoms with Crippen LogP contribution in [-0.4, -0.2) is 41.7 Å². The van der Waals surface area contributed by atoms with E-state index in [0.29, 0.717) is 13.1 Å². The molecule has 21 heavy (non-hydrogen) atoms. The van der Waals surface area contributed by atoms with E-state index in [4.69, 9.17) is 5.73 Å². The van der Waals surface area contributed by atoms with Gasteiger partial charge in [-0.3, -0.25) is 10.1 Å². The Bertz CT molecular complexity index is 648. The van der Waals surface area contributed by atoms with Crippen LogP contribution >= 0.6 is 11.8 Å². The monoisotopic (exact) mass is 331 g/mol. The van der Waals surface area contributed by atoms with Crippen molar-refractivity contribution in [3.63, 3.8) is 0 Å². The summed E-state index contributed by atoms with van der Waals surface area (Å²) in [5.41, 5.74) is 5.15. The number of nitro benzene ring substituents is 1. The lowest BCUT2D eigenvalue weighted by molar-refractivity contribution is -0.383. The van der Waals surface area contributed by atoms with Gasteiger partial charge in [-0.1, -0.05) is 6.92 Å². The van der Waals surface area contributed by atoms with Gasteiger partial charge < -0.3 is 5.73 Å². The number of benzene rings is 1. The Morgan fingerprint density at radius 1 is 1.52 bits per heavy atom. The molecular weight excluding hydrogens is 314 g/mol. The number of nitro groups is 1. The lowest BCUT2D eigenvalue weighted by atomic mass is 10.3. The minimum absolute atomic E-state index is 0.00681. The lowest BCUT2D eigenvalue weighted by Crippen LogP contribution is -2.41. The van der Waals surface area contributed by atoms with Crippen LogP contribution < -0.4 is 5.73 Å². The second-order valence-electron chi connectivity index (χ2n) is 4.74. The average Bonchev–Trinajstić information content (AvgIpc) is 2.46. The smallest absolute Gasteiger partial charge is 0.292 e. The van der Waals surface area contributed by atoms with E-state index >= 15 is 0 Å². The van der Waals surface area contributed by atoms with E-state index in [-0.39, 0.29) is 21.5 Å². The van der Waals surface area contributed by atoms with Gasteiger partial charge in [0, 0.05) is 30.2 Å². The Morgan fingerprint density at radius 2 is 2.24 bits per heavy atom. The zero-order valence-electron chi connectivity index (χ0n) is 11.6. The zero-order valence-corrected chi connectivity index (χ0v) is 13.2. The molecule has 0 aromatic heterocycles. The summed E-state index contributed by atoms with van der Waals surface area (Å²) in [4.78, 5) is 10.1. The van der Waals surface area contributed by atoms with Crippen LogP contribution in [0.25, 0.3) is 0 Å². The van der Waals surface area contributed by atoms with Gasteiger partial charge in [0.1, 0.15) is 5.69 Å². The highest BCUT2D eigenvalue weighted by Crippen LogP contribution is 2.29. The largest absolute Gasteiger partial charge is 0.393 e. The number of nitrogen functional groups attached to an aromatic ring is 1. The Labute approximate surface area is 127 Å². The van der Waals surface area contributed by atoms with Crippen LogP contribution in [0.3, 0.4) is 0 Å². The van der Waals surface area contributed by atoms with Crippen molar-refractivity contribution in [3.05, 3.63) is 28.3 Å². The van der Waals surface area contributed by atoms with Crippen LogP contribution in [0.5, 0.6) is 0 Å². The minimum atomic E-state index is -3.65. The first-order valence-corrected chi connectivity index (χ1v) is 9.00. The standard InChI is InChI=1S/C12H17N3O4S2/c1-2-9-8-14(5-6-20-9)21(18,19)10-3-4-12(15(16)17)11(13)7-10/h3-4,7,9H,2,5-6,8,13H2,1H3. The number of hydrogen-bond donors (Lipinski definition) is 1. The average molecular weight is 331 g/mol. The molecule has 1 heterocycles. The van der Waals surface area contributed by atoms with Crippen molar-refractivity contribution in [2.45, 2.75) is 23.5 Å². The molecule has 1 aliphatic rings. The molecule has 1 atom stereocenters. The van der Waals surface area contributed by atoms with Crippen LogP contribution in [0.2, 0.25) is 0 Å². The fourth-order valence-electron chi connectivity index (χ4n) is 2.17. The van der Waals surface area contributed by atoms with Gasteiger partial charge in [0.05, 0.1) is 9.82 Å². The third-order valence-electron chi connectivity index (χ3n) is 3.39. The van der Waals surface area contributed by atoms with Gasteiger partial charge >= 0.3 is 0 Å². The fourth-order valence-corrected chi connectivity index (χ4v) is 5.08. The predicted molar refractivity (Wildman–Crippen MR) is 82.8 cm³/mol. The molecule has 0 bridgehead atoms. The number of nitrogens with zero attached hydrogens (tertiary/aromatic N) is 2. The van der Waals surface area contributed by atoms with Gasteiger partial charge in [-0.05, 0) is 18.6 Å². The molecule has 1 aromatic rings. The van der Waals surface area contributed by atoms with E-state index in [2.05, 4.69) is 0 Å². The Kier molecular flexibility index (Phi) is 4.74. The zero-order chi connectivity index (χ0) is 15.6. The molecule has 2 rings (SSSR count). The van der Waals surface area contributed by atoms with E-state index < -0.39 is 14.9 Å². The van der Waals surface area contributed by atoms with E-state index in [1.165, 1.54) is 10.4 Å². The van der Waals surface area contributed by atoms with Crippen molar-refractivity contribution in [1.82, 2.24) is 4.31 Å². The number of thioether (sulfide) groups is 1. The van der Waals surface area contributed by atoms with Gasteiger partial charge in [-0.2, -0.15) is 16.1 Å². The minimum Gasteiger partial charge on any atom is -0.393 e. The van der Waals surface area contributed by atoms with Crippen LogP contribution in [0, 0.1) is 10.1 Å². The lowest BCUT2D eigenvalue weighted by Gasteiger charge is -2.31. The van der Waals surface area contributed by atoms with Crippen molar-refractivity contribution in [2.24, 2.45) is 0 Å². The van der Waals surface area contributed by atoms with Crippen molar-refractivity contribution < 1.29 is 13.3 Å². The molecule has 2 N–H and O–H groups in total. The third-order valence-corrected chi connectivity index (χ3v) is 6.62. The van der Waals surface area contributed by atoms with Gasteiger partial charge in [0.2, 0.25) is 10.0 Å². The highest BCUT2D eigenvalue weighted by molar-refractivity contribution is 8.00. The SMILES string of the molecule is CCC1CN(S(=O)(=O)c2ccc([N+](=O)[O-])c(N)c2)CCS1. The molecule has 0 spiro atoms. The van der Waals surface area contributed by atoms with E-state index in [1.54, 1.807) is 11.8 Å². The normalized spacial score (nSPS) is 20.3. The highest BCUT2D eigenvalue weighted by Gasteiger charge is 2.30. The quantitative estimate of drug-likeness (QED) is 0.511. The van der Waals surface area contributed by atoms with E-state index in [0.717, 1.165) is 24.3 Å². The Balaban J connectivity index is 2.31. The van der Waals surface area contributed by atoms with Gasteiger partial charge in [-0.15, -0.1) is 0 Å². The molecule has 9 heteroatoms. The maximum absolute atomic E-state index is 12.6. The molecule has 0 amide bonds. The van der Waals surface area contributed by atoms with Gasteiger partial charge in [0.15, 0.2) is 0 Å². The maximum atomic E-state index is 12.6. The molecule has 1 aromatic carbocycles. The summed E-state index contributed by atoms with van der Waals surface area (Å²) in [6.45, 7) is 2.93. The first-order valence-electron chi connectivity index (χ1n) is 6.52. The van der Waals surface area contributed by atoms with Gasteiger partial charge in [0.25, 0.3) is 5.69 Å². The Morgan fingerprint density at radius 3 is 2.81 bits per heavy atom. The van der Waals surface area contributed by atoms with Crippen LogP contribution in [0.1, 0.15) is 13.3 Å². The summed E-state index contributed by atoms with van der Waals surface area (Å²) in [5, 5.41) is 11.0. The van der Waals surface area contributed by atoms with Gasteiger partial charge in [-0.25, -0.2) is 8.42 Å². The second kappa shape index (κ2) is 6.20. The molecule has 0 radical (unpaired) electrons. The van der Waals surface area contributed by atoms with Crippen molar-refractivity contribution in [2.75, 3.05) is 24.6 Å². The van der Waals surface area contributed by atoms with Crippen LogP contribution in [-0.2, 0) is 10.0 Å². The molecule has 1 fully saturated rings. The summed E-state index contributed by atoms with van der Waals surface area (Å²) in [5.74, 6) is 0.750. The number of anilines is 1. The van der Waals surface area contributed by atoms with Crippen LogP contribution in [0.4, 0.5) is 11.4 Å². The number of nitrogens with two attached hydrogens (primary N) is 1. The summed E-state index contributed by atoms with van der Waals surface area (Å²) in [6.07, 6.45) is 0.902. The fraction of sp³-hybridized carbons (Fsp3) is 0.500. The molecule has 116 valence electrons. The molecular formula is C12H17N3O4S2. The number of rotatable bonds is 4. The molecule has 1 saturated heterocycles. The van der Waals surface area contributed by atoms with Crippen LogP contribution in [0.15, 0.2) is 23.1 Å². The molecule has 1 aliphatic heterocycles. The van der Waals surface area contributed by atoms with Crippen molar-refractivity contribution in [1.29, 1.82) is 0 Å². The van der Waals surface area contributed by atoms with E-state index in [9.17, 15) is 18.5 Å². The van der Waals surface area contributed by atoms with E-state index in [1.807, 2.05) is 6.92 Å². The molecule has 0 aliphatic carbocycles.